The second kappa shape index (κ2) is 10.6. The molecule has 0 radical (unpaired) electrons. The van der Waals surface area contributed by atoms with Crippen molar-refractivity contribution in [3.05, 3.63) is 66.4 Å². The number of hydrogen-bond acceptors (Lipinski definition) is 6. The molecule has 1 aliphatic heterocycles. The molecule has 198 valence electrons. The molecule has 5 rings (SSSR count). The number of para-hydroxylation sites is 1. The van der Waals surface area contributed by atoms with Crippen LogP contribution in [-0.4, -0.2) is 68.5 Å². The average Bonchev–Trinajstić information content (AvgIpc) is 3.58. The fourth-order valence-electron chi connectivity index (χ4n) is 4.57. The molecule has 3 amide bonds. The van der Waals surface area contributed by atoms with Crippen molar-refractivity contribution in [3.63, 3.8) is 0 Å². The SMILES string of the molecule is CN(C)C(=O)N1CCC(C(=O)N(Cc2cn3ccc(-c4nnc(C(F)F)o4)cc3n2)c2ccccc2)CC1. The Kier molecular flexibility index (Phi) is 7.03. The zero-order valence-corrected chi connectivity index (χ0v) is 21.0. The number of nitrogens with zero attached hydrogens (tertiary/aromatic N) is 7. The Hall–Kier alpha value is -4.35. The van der Waals surface area contributed by atoms with Gasteiger partial charge in [0.05, 0.1) is 12.2 Å². The summed E-state index contributed by atoms with van der Waals surface area (Å²) in [5.74, 6) is -0.992. The van der Waals surface area contributed by atoms with Gasteiger partial charge in [0.2, 0.25) is 11.8 Å². The van der Waals surface area contributed by atoms with Gasteiger partial charge in [0.25, 0.3) is 5.89 Å². The van der Waals surface area contributed by atoms with Gasteiger partial charge < -0.3 is 23.5 Å². The molecular weight excluding hydrogens is 496 g/mol. The van der Waals surface area contributed by atoms with E-state index in [-0.39, 0.29) is 30.3 Å². The minimum atomic E-state index is -2.85. The molecule has 12 heteroatoms. The highest BCUT2D eigenvalue weighted by Gasteiger charge is 2.31. The first-order chi connectivity index (χ1) is 18.3. The van der Waals surface area contributed by atoms with E-state index in [1.54, 1.807) is 51.5 Å². The maximum Gasteiger partial charge on any atom is 0.319 e. The van der Waals surface area contributed by atoms with E-state index in [9.17, 15) is 18.4 Å². The van der Waals surface area contributed by atoms with Crippen molar-refractivity contribution in [2.75, 3.05) is 32.1 Å². The van der Waals surface area contributed by atoms with Gasteiger partial charge in [0.1, 0.15) is 5.65 Å². The van der Waals surface area contributed by atoms with Crippen molar-refractivity contribution in [1.29, 1.82) is 0 Å². The van der Waals surface area contributed by atoms with Gasteiger partial charge in [-0.2, -0.15) is 8.78 Å². The number of hydrogen-bond donors (Lipinski definition) is 0. The number of likely N-dealkylation sites (tertiary alicyclic amines) is 1. The number of rotatable bonds is 6. The summed E-state index contributed by atoms with van der Waals surface area (Å²) in [7, 11) is 3.44. The number of urea groups is 1. The van der Waals surface area contributed by atoms with E-state index in [2.05, 4.69) is 15.2 Å². The third kappa shape index (κ3) is 5.20. The molecular formula is C26H27F2N7O3. The van der Waals surface area contributed by atoms with E-state index in [1.807, 2.05) is 36.5 Å². The molecule has 0 N–H and O–H groups in total. The van der Waals surface area contributed by atoms with Gasteiger partial charge in [0, 0.05) is 56.7 Å². The number of carbonyl (C=O) groups is 2. The van der Waals surface area contributed by atoms with Crippen LogP contribution in [0.2, 0.25) is 0 Å². The monoisotopic (exact) mass is 523 g/mol. The van der Waals surface area contributed by atoms with Crippen LogP contribution in [0.4, 0.5) is 19.3 Å². The van der Waals surface area contributed by atoms with E-state index < -0.39 is 12.3 Å². The lowest BCUT2D eigenvalue weighted by atomic mass is 9.95. The third-order valence-electron chi connectivity index (χ3n) is 6.54. The Morgan fingerprint density at radius 1 is 1.11 bits per heavy atom. The zero-order chi connectivity index (χ0) is 26.8. The molecule has 0 unspecified atom stereocenters. The smallest absolute Gasteiger partial charge is 0.319 e. The second-order valence-corrected chi connectivity index (χ2v) is 9.36. The topological polar surface area (TPSA) is 100 Å². The fraction of sp³-hybridized carbons (Fsp3) is 0.346. The predicted molar refractivity (Wildman–Crippen MR) is 134 cm³/mol. The number of amides is 3. The first-order valence-electron chi connectivity index (χ1n) is 12.2. The van der Waals surface area contributed by atoms with Crippen molar-refractivity contribution >= 4 is 23.3 Å². The molecule has 1 aliphatic rings. The predicted octanol–water partition coefficient (Wildman–Crippen LogP) is 4.25. The minimum Gasteiger partial charge on any atom is -0.415 e. The standard InChI is InChI=1S/C26H27F2N7O3/c1-32(2)26(37)33-11-8-17(9-12-33)25(36)35(20-6-4-3-5-7-20)16-19-15-34-13-10-18(14-21(34)29-19)23-30-31-24(38-23)22(27)28/h3-7,10,13-15,17,22H,8-9,11-12,16H2,1-2H3. The highest BCUT2D eigenvalue weighted by atomic mass is 19.3. The lowest BCUT2D eigenvalue weighted by Crippen LogP contribution is -2.47. The second-order valence-electron chi connectivity index (χ2n) is 9.36. The van der Waals surface area contributed by atoms with Crippen LogP contribution in [0.5, 0.6) is 0 Å². The maximum atomic E-state index is 13.7. The van der Waals surface area contributed by atoms with Crippen LogP contribution in [0.15, 0.2) is 59.3 Å². The summed E-state index contributed by atoms with van der Waals surface area (Å²) in [5, 5.41) is 7.07. The molecule has 0 aliphatic carbocycles. The Bertz CT molecular complexity index is 1430. The Labute approximate surface area is 217 Å². The van der Waals surface area contributed by atoms with Crippen molar-refractivity contribution in [2.24, 2.45) is 5.92 Å². The molecule has 38 heavy (non-hydrogen) atoms. The quantitative estimate of drug-likeness (QED) is 0.375. The number of piperidine rings is 1. The summed E-state index contributed by atoms with van der Waals surface area (Å²) in [4.78, 5) is 35.7. The van der Waals surface area contributed by atoms with E-state index in [4.69, 9.17) is 4.42 Å². The summed E-state index contributed by atoms with van der Waals surface area (Å²) in [5.41, 5.74) is 2.42. The lowest BCUT2D eigenvalue weighted by molar-refractivity contribution is -0.123. The zero-order valence-electron chi connectivity index (χ0n) is 21.0. The normalized spacial score (nSPS) is 14.3. The number of alkyl halides is 2. The van der Waals surface area contributed by atoms with Gasteiger partial charge in [-0.3, -0.25) is 4.79 Å². The number of anilines is 1. The molecule has 4 aromatic rings. The first-order valence-corrected chi connectivity index (χ1v) is 12.2. The summed E-state index contributed by atoms with van der Waals surface area (Å²) in [6, 6.07) is 12.7. The van der Waals surface area contributed by atoms with Crippen LogP contribution in [0.1, 0.15) is 30.9 Å². The number of aromatic nitrogens is 4. The highest BCUT2D eigenvalue weighted by molar-refractivity contribution is 5.95. The summed E-state index contributed by atoms with van der Waals surface area (Å²) >= 11 is 0. The number of fused-ring (bicyclic) bond motifs is 1. The van der Waals surface area contributed by atoms with Crippen molar-refractivity contribution in [1.82, 2.24) is 29.4 Å². The molecule has 3 aromatic heterocycles. The van der Waals surface area contributed by atoms with Crippen LogP contribution in [0, 0.1) is 5.92 Å². The molecule has 4 heterocycles. The van der Waals surface area contributed by atoms with Crippen LogP contribution in [0.25, 0.3) is 17.1 Å². The Morgan fingerprint density at radius 3 is 2.50 bits per heavy atom. The van der Waals surface area contributed by atoms with Crippen molar-refractivity contribution in [2.45, 2.75) is 25.8 Å². The van der Waals surface area contributed by atoms with Gasteiger partial charge in [-0.05, 0) is 37.1 Å². The number of benzene rings is 1. The molecule has 0 atom stereocenters. The van der Waals surface area contributed by atoms with Crippen LogP contribution in [0.3, 0.4) is 0 Å². The number of pyridine rings is 1. The molecule has 1 aromatic carbocycles. The molecule has 0 spiro atoms. The van der Waals surface area contributed by atoms with Crippen molar-refractivity contribution < 1.29 is 22.8 Å². The van der Waals surface area contributed by atoms with Crippen LogP contribution >= 0.6 is 0 Å². The number of imidazole rings is 1. The first kappa shape index (κ1) is 25.3. The average molecular weight is 524 g/mol. The maximum absolute atomic E-state index is 13.7. The molecule has 0 saturated carbocycles. The van der Waals surface area contributed by atoms with Gasteiger partial charge in [0.15, 0.2) is 0 Å². The van der Waals surface area contributed by atoms with Gasteiger partial charge in [-0.25, -0.2) is 9.78 Å². The van der Waals surface area contributed by atoms with E-state index >= 15 is 0 Å². The largest absolute Gasteiger partial charge is 0.415 e. The van der Waals surface area contributed by atoms with E-state index in [0.29, 0.717) is 42.8 Å². The lowest BCUT2D eigenvalue weighted by Gasteiger charge is -2.35. The van der Waals surface area contributed by atoms with E-state index in [1.165, 1.54) is 0 Å². The van der Waals surface area contributed by atoms with Crippen LogP contribution < -0.4 is 4.90 Å². The van der Waals surface area contributed by atoms with Gasteiger partial charge in [-0.1, -0.05) is 18.2 Å². The highest BCUT2D eigenvalue weighted by Crippen LogP contribution is 2.27. The fourth-order valence-corrected chi connectivity index (χ4v) is 4.57. The molecule has 1 saturated heterocycles. The Balaban J connectivity index is 1.36. The van der Waals surface area contributed by atoms with Gasteiger partial charge in [-0.15, -0.1) is 10.2 Å². The summed E-state index contributed by atoms with van der Waals surface area (Å²) in [6.45, 7) is 1.29. The number of halogens is 2. The van der Waals surface area contributed by atoms with Crippen LogP contribution in [-0.2, 0) is 11.3 Å². The van der Waals surface area contributed by atoms with Gasteiger partial charge >= 0.3 is 12.5 Å². The molecule has 10 nitrogen and oxygen atoms in total. The summed E-state index contributed by atoms with van der Waals surface area (Å²) in [6.07, 6.45) is 1.86. The number of carbonyl (C=O) groups excluding carboxylic acids is 2. The molecule has 0 bridgehead atoms. The Morgan fingerprint density at radius 2 is 1.84 bits per heavy atom. The van der Waals surface area contributed by atoms with E-state index in [0.717, 1.165) is 5.69 Å². The third-order valence-corrected chi connectivity index (χ3v) is 6.54. The minimum absolute atomic E-state index is 0.0173. The summed E-state index contributed by atoms with van der Waals surface area (Å²) < 4.78 is 32.5. The van der Waals surface area contributed by atoms with Crippen molar-refractivity contribution in [3.8, 4) is 11.5 Å². The molecule has 1 fully saturated rings.